The zero-order chi connectivity index (χ0) is 32.7. The van der Waals surface area contributed by atoms with E-state index in [1.807, 2.05) is 13.8 Å². The van der Waals surface area contributed by atoms with Gasteiger partial charge >= 0.3 is 23.9 Å². The maximum absolute atomic E-state index is 13.3. The van der Waals surface area contributed by atoms with Crippen LogP contribution in [-0.2, 0) is 63.8 Å². The maximum atomic E-state index is 13.3. The van der Waals surface area contributed by atoms with E-state index < -0.39 is 34.7 Å². The molecule has 3 aliphatic rings. The predicted octanol–water partition coefficient (Wildman–Crippen LogP) is 6.27. The van der Waals surface area contributed by atoms with Crippen LogP contribution in [0.2, 0.25) is 0 Å². The van der Waals surface area contributed by atoms with Crippen LogP contribution in [0.4, 0.5) is 0 Å². The monoisotopic (exact) mass is 656 g/mol. The lowest BCUT2D eigenvalue weighted by Crippen LogP contribution is -2.42. The summed E-state index contributed by atoms with van der Waals surface area (Å²) < 4.78 is 20.7. The number of ether oxygens (including phenoxy) is 4. The van der Waals surface area contributed by atoms with Crippen LogP contribution in [0.5, 0.6) is 0 Å². The quantitative estimate of drug-likeness (QED) is 0.127. The van der Waals surface area contributed by atoms with E-state index in [-0.39, 0.29) is 25.7 Å². The van der Waals surface area contributed by atoms with Gasteiger partial charge in [0.1, 0.15) is 0 Å². The normalized spacial score (nSPS) is 16.0. The molecule has 3 aliphatic carbocycles. The summed E-state index contributed by atoms with van der Waals surface area (Å²) in [6.07, 6.45) is 0.723. The molecule has 0 radical (unpaired) electrons. The van der Waals surface area contributed by atoms with Crippen LogP contribution >= 0.6 is 22.7 Å². The van der Waals surface area contributed by atoms with E-state index in [0.29, 0.717) is 0 Å². The van der Waals surface area contributed by atoms with Crippen molar-refractivity contribution in [1.82, 2.24) is 0 Å². The van der Waals surface area contributed by atoms with Gasteiger partial charge in [0.05, 0.1) is 28.4 Å². The molecule has 10 heteroatoms. The first-order valence-electron chi connectivity index (χ1n) is 14.8. The smallest absolute Gasteiger partial charge is 0.323 e. The Morgan fingerprint density at radius 3 is 1.13 bits per heavy atom. The molecule has 7 rings (SSSR count). The van der Waals surface area contributed by atoms with Crippen molar-refractivity contribution in [3.8, 4) is 44.5 Å². The molecule has 236 valence electrons. The highest BCUT2D eigenvalue weighted by molar-refractivity contribution is 7.09. The largest absolute Gasteiger partial charge is 0.468 e. The second-order valence-corrected chi connectivity index (χ2v) is 13.9. The lowest BCUT2D eigenvalue weighted by atomic mass is 9.77. The van der Waals surface area contributed by atoms with Gasteiger partial charge in [-0.3, -0.25) is 19.2 Å². The van der Waals surface area contributed by atoms with E-state index in [0.717, 1.165) is 77.9 Å². The van der Waals surface area contributed by atoms with Gasteiger partial charge in [-0.05, 0) is 91.0 Å². The number of hydrogen-bond donors (Lipinski definition) is 0. The van der Waals surface area contributed by atoms with E-state index in [2.05, 4.69) is 33.7 Å². The molecule has 0 saturated carbocycles. The Morgan fingerprint density at radius 2 is 0.804 bits per heavy atom. The fraction of sp³-hybridized carbons (Fsp3) is 0.333. The Hall–Kier alpha value is -4.28. The fourth-order valence-corrected chi connectivity index (χ4v) is 9.71. The van der Waals surface area contributed by atoms with Gasteiger partial charge in [0.15, 0.2) is 10.8 Å². The van der Waals surface area contributed by atoms with E-state index in [9.17, 15) is 19.2 Å². The zero-order valence-electron chi connectivity index (χ0n) is 26.4. The Morgan fingerprint density at radius 1 is 0.500 bits per heavy atom. The molecule has 0 atom stereocenters. The van der Waals surface area contributed by atoms with Gasteiger partial charge in [-0.25, -0.2) is 0 Å². The molecule has 2 aromatic heterocycles. The topological polar surface area (TPSA) is 105 Å². The SMILES string of the molecule is COC(=O)C1(C(=O)OC)Cc2c(C)cc3c(c2C1)-c1cscc1-c1cc(C)c2c(c1-c1cscc1-3)CC(C(=O)OC)(C(=O)OC)C2. The van der Waals surface area contributed by atoms with Gasteiger partial charge in [-0.2, -0.15) is 22.7 Å². The van der Waals surface area contributed by atoms with Gasteiger partial charge in [-0.15, -0.1) is 0 Å². The molecular formula is C36H32O8S2. The van der Waals surface area contributed by atoms with Gasteiger partial charge in [-0.1, -0.05) is 12.1 Å². The first kappa shape index (κ1) is 30.4. The maximum Gasteiger partial charge on any atom is 0.323 e. The molecule has 0 saturated heterocycles. The molecule has 0 aliphatic heterocycles. The van der Waals surface area contributed by atoms with E-state index in [1.165, 1.54) is 28.4 Å². The number of rotatable bonds is 4. The van der Waals surface area contributed by atoms with Crippen molar-refractivity contribution >= 4 is 46.6 Å². The van der Waals surface area contributed by atoms with Crippen molar-refractivity contribution in [2.24, 2.45) is 10.8 Å². The molecule has 0 spiro atoms. The highest BCUT2D eigenvalue weighted by atomic mass is 32.1. The average Bonchev–Trinajstić information content (AvgIpc) is 3.87. The third kappa shape index (κ3) is 3.89. The highest BCUT2D eigenvalue weighted by Crippen LogP contribution is 2.57. The summed E-state index contributed by atoms with van der Waals surface area (Å²) in [5, 5.41) is 8.49. The van der Waals surface area contributed by atoms with Crippen LogP contribution < -0.4 is 0 Å². The number of benzene rings is 2. The molecule has 0 amide bonds. The third-order valence-corrected chi connectivity index (χ3v) is 11.7. The average molecular weight is 657 g/mol. The fourth-order valence-electron chi connectivity index (χ4n) is 8.03. The Bertz CT molecular complexity index is 1840. The van der Waals surface area contributed by atoms with E-state index >= 15 is 0 Å². The van der Waals surface area contributed by atoms with Gasteiger partial charge in [0.25, 0.3) is 0 Å². The summed E-state index contributed by atoms with van der Waals surface area (Å²) in [6, 6.07) is 4.30. The molecule has 0 N–H and O–H groups in total. The Balaban J connectivity index is 1.52. The molecule has 2 aromatic carbocycles. The third-order valence-electron chi connectivity index (χ3n) is 10.2. The minimum atomic E-state index is -1.47. The number of hydrogen-bond acceptors (Lipinski definition) is 10. The standard InChI is InChI=1S/C36H32O8S2/c1-17-7-19-25-13-45-15-27(25)30-20(8-18(2)22-10-36(12-24(22)30,33(39)43-5)34(40)44-6)26-14-46-16-28(26)29(19)23-11-35(9-21(17)23,31(37)41-3)32(38)42-4/h7-8,13-16H,9-12H2,1-6H3. The lowest BCUT2D eigenvalue weighted by Gasteiger charge is -2.25. The molecule has 0 unspecified atom stereocenters. The number of fused-ring (bicyclic) bond motifs is 12. The number of aryl methyl sites for hydroxylation is 2. The molecule has 4 aromatic rings. The number of esters is 4. The summed E-state index contributed by atoms with van der Waals surface area (Å²) in [5.74, 6) is -2.42. The zero-order valence-corrected chi connectivity index (χ0v) is 28.0. The van der Waals surface area contributed by atoms with Crippen molar-refractivity contribution in [3.63, 3.8) is 0 Å². The van der Waals surface area contributed by atoms with E-state index in [4.69, 9.17) is 18.9 Å². The van der Waals surface area contributed by atoms with Gasteiger partial charge < -0.3 is 18.9 Å². The van der Waals surface area contributed by atoms with Crippen LogP contribution in [0.3, 0.4) is 0 Å². The molecule has 2 heterocycles. The molecule has 0 fully saturated rings. The minimum absolute atomic E-state index is 0.164. The van der Waals surface area contributed by atoms with Crippen LogP contribution in [0, 0.1) is 24.7 Å². The number of carbonyl (C=O) groups is 4. The summed E-state index contributed by atoms with van der Waals surface area (Å²) >= 11 is 3.16. The van der Waals surface area contributed by atoms with Crippen molar-refractivity contribution in [3.05, 3.63) is 67.0 Å². The minimum Gasteiger partial charge on any atom is -0.468 e. The summed E-state index contributed by atoms with van der Waals surface area (Å²) in [5.41, 5.74) is 10.8. The Kier molecular flexibility index (Phi) is 7.02. The number of methoxy groups -OCH3 is 4. The predicted molar refractivity (Wildman–Crippen MR) is 175 cm³/mol. The van der Waals surface area contributed by atoms with Gasteiger partial charge in [0, 0.05) is 47.9 Å². The number of carbonyl (C=O) groups excluding carboxylic acids is 4. The Labute approximate surface area is 274 Å². The van der Waals surface area contributed by atoms with Crippen LogP contribution in [0.1, 0.15) is 33.4 Å². The second-order valence-electron chi connectivity index (χ2n) is 12.4. The summed E-state index contributed by atoms with van der Waals surface area (Å²) in [7, 11) is 5.20. The molecule has 8 nitrogen and oxygen atoms in total. The molecule has 46 heavy (non-hydrogen) atoms. The van der Waals surface area contributed by atoms with Crippen LogP contribution in [-0.4, -0.2) is 52.3 Å². The first-order valence-corrected chi connectivity index (χ1v) is 16.7. The highest BCUT2D eigenvalue weighted by Gasteiger charge is 2.55. The van der Waals surface area contributed by atoms with Crippen LogP contribution in [0.25, 0.3) is 44.5 Å². The molecular weight excluding hydrogens is 625 g/mol. The van der Waals surface area contributed by atoms with Crippen LogP contribution in [0.15, 0.2) is 33.7 Å². The summed E-state index contributed by atoms with van der Waals surface area (Å²) in [4.78, 5) is 53.1. The summed E-state index contributed by atoms with van der Waals surface area (Å²) in [6.45, 7) is 4.03. The van der Waals surface area contributed by atoms with E-state index in [1.54, 1.807) is 22.7 Å². The first-order chi connectivity index (χ1) is 22.1. The second kappa shape index (κ2) is 10.6. The van der Waals surface area contributed by atoms with Crippen molar-refractivity contribution in [2.45, 2.75) is 39.5 Å². The number of thiophene rings is 2. The van der Waals surface area contributed by atoms with Crippen molar-refractivity contribution in [2.75, 3.05) is 28.4 Å². The van der Waals surface area contributed by atoms with Crippen molar-refractivity contribution in [1.29, 1.82) is 0 Å². The molecule has 0 bridgehead atoms. The van der Waals surface area contributed by atoms with Gasteiger partial charge in [0.2, 0.25) is 0 Å². The van der Waals surface area contributed by atoms with Crippen molar-refractivity contribution < 1.29 is 38.1 Å². The lowest BCUT2D eigenvalue weighted by molar-refractivity contribution is -0.170.